The molecule has 1 aliphatic rings. The van der Waals surface area contributed by atoms with Crippen LogP contribution in [0.3, 0.4) is 0 Å². The highest BCUT2D eigenvalue weighted by Gasteiger charge is 2.27. The third-order valence-corrected chi connectivity index (χ3v) is 5.08. The molecule has 4 rings (SSSR count). The Morgan fingerprint density at radius 1 is 1.14 bits per heavy atom. The molecule has 1 aromatic heterocycles. The fourth-order valence-electron chi connectivity index (χ4n) is 3.51. The summed E-state index contributed by atoms with van der Waals surface area (Å²) in [6.45, 7) is 4.36. The van der Waals surface area contributed by atoms with Crippen LogP contribution in [0.5, 0.6) is 5.75 Å². The van der Waals surface area contributed by atoms with Gasteiger partial charge in [-0.25, -0.2) is 4.68 Å². The minimum atomic E-state index is -0.0292. The highest BCUT2D eigenvalue weighted by Crippen LogP contribution is 2.27. The van der Waals surface area contributed by atoms with Crippen LogP contribution in [0.2, 0.25) is 0 Å². The van der Waals surface area contributed by atoms with Crippen LogP contribution < -0.4 is 10.1 Å². The molecule has 0 aliphatic carbocycles. The number of hydrogen-bond acceptors (Lipinski definition) is 4. The number of carbonyl (C=O) groups is 1. The first kappa shape index (κ1) is 18.3. The third kappa shape index (κ3) is 3.51. The largest absolute Gasteiger partial charge is 0.497 e. The van der Waals surface area contributed by atoms with Crippen molar-refractivity contribution in [2.45, 2.75) is 13.0 Å². The number of aromatic nitrogens is 2. The number of amides is 1. The highest BCUT2D eigenvalue weighted by molar-refractivity contribution is 5.94. The van der Waals surface area contributed by atoms with E-state index in [4.69, 9.17) is 4.74 Å². The monoisotopic (exact) mass is 376 g/mol. The van der Waals surface area contributed by atoms with E-state index in [1.165, 1.54) is 0 Å². The third-order valence-electron chi connectivity index (χ3n) is 5.08. The Kier molecular flexibility index (Phi) is 5.12. The van der Waals surface area contributed by atoms with E-state index in [0.717, 1.165) is 35.8 Å². The SMILES string of the molecule is COc1ccc(-c2cc(C(=O)N3CCNC[C@@H]3C)nn2-c2ccccc2)cc1. The molecule has 0 saturated carbocycles. The normalized spacial score (nSPS) is 16.8. The molecule has 0 spiro atoms. The zero-order valence-electron chi connectivity index (χ0n) is 16.1. The van der Waals surface area contributed by atoms with E-state index >= 15 is 0 Å². The van der Waals surface area contributed by atoms with Crippen molar-refractivity contribution < 1.29 is 9.53 Å². The van der Waals surface area contributed by atoms with Crippen LogP contribution in [0.1, 0.15) is 17.4 Å². The van der Waals surface area contributed by atoms with Gasteiger partial charge in [0.15, 0.2) is 5.69 Å². The second-order valence-corrected chi connectivity index (χ2v) is 6.94. The summed E-state index contributed by atoms with van der Waals surface area (Å²) >= 11 is 0. The number of hydrogen-bond donors (Lipinski definition) is 1. The molecule has 6 heteroatoms. The Balaban J connectivity index is 1.76. The van der Waals surface area contributed by atoms with Crippen LogP contribution in [-0.2, 0) is 0 Å². The molecule has 0 radical (unpaired) electrons. The lowest BCUT2D eigenvalue weighted by Gasteiger charge is -2.33. The van der Waals surface area contributed by atoms with Gasteiger partial charge in [-0.3, -0.25) is 4.79 Å². The second kappa shape index (κ2) is 7.86. The molecule has 1 atom stereocenters. The van der Waals surface area contributed by atoms with E-state index < -0.39 is 0 Å². The molecule has 1 aliphatic heterocycles. The van der Waals surface area contributed by atoms with Crippen LogP contribution in [0, 0.1) is 0 Å². The summed E-state index contributed by atoms with van der Waals surface area (Å²) in [7, 11) is 1.65. The van der Waals surface area contributed by atoms with Crippen molar-refractivity contribution in [1.82, 2.24) is 20.0 Å². The first-order valence-corrected chi connectivity index (χ1v) is 9.49. The smallest absolute Gasteiger partial charge is 0.274 e. The lowest BCUT2D eigenvalue weighted by Crippen LogP contribution is -2.52. The lowest BCUT2D eigenvalue weighted by molar-refractivity contribution is 0.0649. The number of nitrogens with zero attached hydrogens (tertiary/aromatic N) is 3. The standard InChI is InChI=1S/C22H24N4O2/c1-16-15-23-12-13-25(16)22(27)20-14-21(17-8-10-19(28-2)11-9-17)26(24-20)18-6-4-3-5-7-18/h3-11,14,16,23H,12-13,15H2,1-2H3/t16-/m0/s1. The van der Waals surface area contributed by atoms with Gasteiger partial charge in [-0.15, -0.1) is 0 Å². The van der Waals surface area contributed by atoms with Crippen molar-refractivity contribution in [2.24, 2.45) is 0 Å². The van der Waals surface area contributed by atoms with Crippen LogP contribution in [0.25, 0.3) is 16.9 Å². The number of methoxy groups -OCH3 is 1. The van der Waals surface area contributed by atoms with Gasteiger partial charge in [0.1, 0.15) is 5.75 Å². The van der Waals surface area contributed by atoms with Gasteiger partial charge < -0.3 is 15.0 Å². The highest BCUT2D eigenvalue weighted by atomic mass is 16.5. The number of carbonyl (C=O) groups excluding carboxylic acids is 1. The number of piperazine rings is 1. The van der Waals surface area contributed by atoms with Crippen molar-refractivity contribution in [3.05, 3.63) is 66.4 Å². The zero-order chi connectivity index (χ0) is 19.5. The quantitative estimate of drug-likeness (QED) is 0.761. The lowest BCUT2D eigenvalue weighted by atomic mass is 10.1. The van der Waals surface area contributed by atoms with E-state index in [1.807, 2.05) is 70.2 Å². The molecule has 28 heavy (non-hydrogen) atoms. The predicted octanol–water partition coefficient (Wildman–Crippen LogP) is 2.98. The van der Waals surface area contributed by atoms with Gasteiger partial charge in [0.2, 0.25) is 0 Å². The van der Waals surface area contributed by atoms with Crippen LogP contribution in [0.15, 0.2) is 60.7 Å². The van der Waals surface area contributed by atoms with Crippen LogP contribution in [0.4, 0.5) is 0 Å². The fraction of sp³-hybridized carbons (Fsp3) is 0.273. The van der Waals surface area contributed by atoms with Crippen molar-refractivity contribution in [1.29, 1.82) is 0 Å². The molecule has 0 bridgehead atoms. The first-order valence-electron chi connectivity index (χ1n) is 9.49. The maximum Gasteiger partial charge on any atom is 0.274 e. The van der Waals surface area contributed by atoms with Crippen molar-refractivity contribution in [3.63, 3.8) is 0 Å². The molecule has 1 saturated heterocycles. The van der Waals surface area contributed by atoms with Gasteiger partial charge in [0, 0.05) is 31.2 Å². The summed E-state index contributed by atoms with van der Waals surface area (Å²) < 4.78 is 7.10. The molecule has 0 unspecified atom stereocenters. The fourth-order valence-corrected chi connectivity index (χ4v) is 3.51. The van der Waals surface area contributed by atoms with Gasteiger partial charge >= 0.3 is 0 Å². The topological polar surface area (TPSA) is 59.4 Å². The first-order chi connectivity index (χ1) is 13.7. The number of benzene rings is 2. The van der Waals surface area contributed by atoms with Gasteiger partial charge in [-0.05, 0) is 49.4 Å². The maximum atomic E-state index is 13.1. The predicted molar refractivity (Wildman–Crippen MR) is 109 cm³/mol. The van der Waals surface area contributed by atoms with Gasteiger partial charge in [0.05, 0.1) is 18.5 Å². The molecule has 1 N–H and O–H groups in total. The van der Waals surface area contributed by atoms with E-state index in [-0.39, 0.29) is 11.9 Å². The Morgan fingerprint density at radius 3 is 2.57 bits per heavy atom. The number of rotatable bonds is 4. The number of nitrogens with one attached hydrogen (secondary N) is 1. The van der Waals surface area contributed by atoms with E-state index in [2.05, 4.69) is 17.3 Å². The molecule has 2 aromatic carbocycles. The Hall–Kier alpha value is -3.12. The van der Waals surface area contributed by atoms with E-state index in [1.54, 1.807) is 7.11 Å². The average molecular weight is 376 g/mol. The summed E-state index contributed by atoms with van der Waals surface area (Å²) in [5.74, 6) is 0.763. The molecule has 3 aromatic rings. The summed E-state index contributed by atoms with van der Waals surface area (Å²) in [6.07, 6.45) is 0. The summed E-state index contributed by atoms with van der Waals surface area (Å²) in [6, 6.07) is 19.7. The summed E-state index contributed by atoms with van der Waals surface area (Å²) in [5, 5.41) is 8.00. The van der Waals surface area contributed by atoms with Crippen molar-refractivity contribution >= 4 is 5.91 Å². The molecule has 6 nitrogen and oxygen atoms in total. The molecule has 1 amide bonds. The van der Waals surface area contributed by atoms with Gasteiger partial charge in [-0.2, -0.15) is 5.10 Å². The minimum Gasteiger partial charge on any atom is -0.497 e. The summed E-state index contributed by atoms with van der Waals surface area (Å²) in [5.41, 5.74) is 3.23. The number of para-hydroxylation sites is 1. The van der Waals surface area contributed by atoms with Gasteiger partial charge in [-0.1, -0.05) is 18.2 Å². The van der Waals surface area contributed by atoms with E-state index in [0.29, 0.717) is 12.2 Å². The van der Waals surface area contributed by atoms with Crippen molar-refractivity contribution in [3.8, 4) is 22.7 Å². The summed E-state index contributed by atoms with van der Waals surface area (Å²) in [4.78, 5) is 15.0. The Labute approximate surface area is 164 Å². The van der Waals surface area contributed by atoms with Crippen LogP contribution in [-0.4, -0.2) is 53.4 Å². The van der Waals surface area contributed by atoms with Gasteiger partial charge in [0.25, 0.3) is 5.91 Å². The second-order valence-electron chi connectivity index (χ2n) is 6.94. The van der Waals surface area contributed by atoms with Crippen molar-refractivity contribution in [2.75, 3.05) is 26.7 Å². The Bertz CT molecular complexity index is 950. The Morgan fingerprint density at radius 2 is 1.89 bits per heavy atom. The van der Waals surface area contributed by atoms with Crippen LogP contribution >= 0.6 is 0 Å². The average Bonchev–Trinajstić information content (AvgIpc) is 3.20. The molecular weight excluding hydrogens is 352 g/mol. The zero-order valence-corrected chi connectivity index (χ0v) is 16.1. The minimum absolute atomic E-state index is 0.0292. The molecule has 1 fully saturated rings. The maximum absolute atomic E-state index is 13.1. The molecule has 2 heterocycles. The molecule has 144 valence electrons. The number of ether oxygens (including phenoxy) is 1. The molecular formula is C22H24N4O2. The van der Waals surface area contributed by atoms with E-state index in [9.17, 15) is 4.79 Å².